The second-order valence-corrected chi connectivity index (χ2v) is 20.2. The third-order valence-corrected chi connectivity index (χ3v) is 11.3. The van der Waals surface area contributed by atoms with Crippen molar-refractivity contribution in [2.75, 3.05) is 15.1 Å². The molecule has 132 heavy (non-hydrogen) atoms. The number of nitrogens with zero attached hydrogens (tertiary/aromatic N) is 4. The van der Waals surface area contributed by atoms with E-state index < -0.39 is 28.9 Å². The van der Waals surface area contributed by atoms with Crippen molar-refractivity contribution in [2.24, 2.45) is 0 Å². The van der Waals surface area contributed by atoms with Crippen molar-refractivity contribution < 1.29 is 22.8 Å². The summed E-state index contributed by atoms with van der Waals surface area (Å²) in [7, 11) is 0. The lowest BCUT2D eigenvalue weighted by atomic mass is 10.0. The van der Waals surface area contributed by atoms with Crippen LogP contribution < -0.4 is 15.1 Å². The zero-order chi connectivity index (χ0) is 95.1. The van der Waals surface area contributed by atoms with Crippen molar-refractivity contribution in [2.45, 2.75) is 39.4 Å². The monoisotopic (exact) mass is 1660 g/mol. The summed E-state index contributed by atoms with van der Waals surface area (Å²) in [6.45, 7) is 13.3. The average Bonchev–Trinajstić information content (AvgIpc) is 1.58. The number of nitriles is 1. The minimum absolute atomic E-state index is 0.00552. The van der Waals surface area contributed by atoms with E-state index in [1.807, 2.05) is 0 Å². The molecule has 0 aliphatic carbocycles. The molecule has 568 valence electrons. The van der Waals surface area contributed by atoms with Crippen molar-refractivity contribution in [1.29, 1.82) is 5.26 Å². The summed E-state index contributed by atoms with van der Waals surface area (Å²) in [5, 5.41) is 10.9. The van der Waals surface area contributed by atoms with Crippen molar-refractivity contribution in [1.82, 2.24) is 0 Å². The molecule has 0 spiro atoms. The smallest absolute Gasteiger partial charge is 0.326 e. The second kappa shape index (κ2) is 74.3. The number of thiocarbonyl (C=S) groups is 1. The van der Waals surface area contributed by atoms with Crippen LogP contribution >= 0.6 is 12.2 Å². The molecule has 2 aromatic rings. The summed E-state index contributed by atoms with van der Waals surface area (Å²) in [4.78, 5) is 29.8. The molecule has 0 saturated carbocycles. The van der Waals surface area contributed by atoms with Gasteiger partial charge in [0.2, 0.25) is 5.91 Å². The Balaban J connectivity index is 0.00000157. The lowest BCUT2D eigenvalue weighted by molar-refractivity contribution is -0.137. The van der Waals surface area contributed by atoms with Gasteiger partial charge in [-0.1, -0.05) is 12.0 Å². The zero-order valence-electron chi connectivity index (χ0n) is 67.7. The van der Waals surface area contributed by atoms with Crippen molar-refractivity contribution in [3.05, 3.63) is 59.4 Å². The Bertz CT molecular complexity index is 9010. The fraction of sp³-hybridized carbons (Fsp3) is 0.0496. The average molecular weight is 1660 g/mol. The van der Waals surface area contributed by atoms with E-state index >= 15 is 0 Å². The van der Waals surface area contributed by atoms with Crippen LogP contribution in [-0.4, -0.2) is 22.5 Å². The van der Waals surface area contributed by atoms with Gasteiger partial charge in [0.25, 0.3) is 5.91 Å². The van der Waals surface area contributed by atoms with Crippen molar-refractivity contribution in [3.8, 4) is 586 Å². The van der Waals surface area contributed by atoms with Crippen molar-refractivity contribution >= 4 is 51.9 Å². The Labute approximate surface area is 774 Å². The number of rotatable bonds is 3. The van der Waals surface area contributed by atoms with Crippen LogP contribution in [0.25, 0.3) is 4.85 Å². The predicted molar refractivity (Wildman–Crippen MR) is 507 cm³/mol. The largest absolute Gasteiger partial charge is 0.407 e. The van der Waals surface area contributed by atoms with Gasteiger partial charge in [0, 0.05) is 551 Å². The molecular weight excluding hydrogens is 1640 g/mol. The highest BCUT2D eigenvalue weighted by Gasteiger charge is 2.50. The number of benzene rings is 2. The quantitative estimate of drug-likeness (QED) is 0.238. The Morgan fingerprint density at radius 1 is 0.318 bits per heavy atom. The van der Waals surface area contributed by atoms with E-state index in [-0.39, 0.29) is 16.7 Å². The number of anilines is 3. The number of nitrogens with one attached hydrogen (secondary N) is 1. The number of hydrogen-bond acceptors (Lipinski definition) is 4. The highest BCUT2D eigenvalue weighted by atomic mass is 32.1. The molecule has 1 aliphatic rings. The van der Waals surface area contributed by atoms with E-state index in [9.17, 15) is 22.8 Å². The maximum absolute atomic E-state index is 13.4. The molecule has 0 atom stereocenters. The number of halogens is 3. The fourth-order valence-corrected chi connectivity index (χ4v) is 6.92. The summed E-state index contributed by atoms with van der Waals surface area (Å²) in [6, 6.07) is 11.3. The molecule has 3 rings (SSSR count). The standard InChI is InChI=1S/C100H3N.C21H17F3N4O2S/c1-2-3-4-5-6-7-8-9-10-11-12-13-14-15-16-17-18-19-20-21-22-23-24-25-26-27-28-29-30-31-32-33-34-35-36-37-38-39-40-41-42-43-44-45-46-47-48-49-50-51-52-53-54-55-56-57-58-59-60-61-62-63-64-65-66-67-68-69-70-71-72-73-74-75-76-77-78-79-80-81-82-83-84-85-86-87-88-89-90-91-92-93-94-95-96-97-98-99-100-101;1-12(29)26-13-5-7-14(8-6-13)28-19(31)27(18(30)20(28,2)3)15-9-10-17(25-4)16(11-15)21(22,23)24/h1H3;5-11H,1-3H3,(H,26,29). The maximum atomic E-state index is 13.4. The van der Waals surface area contributed by atoms with Gasteiger partial charge < -0.3 is 10.2 Å². The van der Waals surface area contributed by atoms with Gasteiger partial charge in [0.1, 0.15) is 5.54 Å². The first-order valence-electron chi connectivity index (χ1n) is 34.3. The molecule has 11 heteroatoms. The third-order valence-electron chi connectivity index (χ3n) is 11.0. The van der Waals surface area contributed by atoms with Crippen LogP contribution in [0.2, 0.25) is 0 Å². The van der Waals surface area contributed by atoms with Crippen LogP contribution in [0, 0.1) is 598 Å². The molecule has 2 aromatic carbocycles. The normalized spacial score (nSPS) is 6.73. The SMILES string of the molecule is CC#CC#CC#CC#CC#CC#CC#CC#CC#CC#CC#CC#CC#CC#CC#CC#CC#CC#CC#CC#CC#CC#CC#CC#CC#CC#CC#CC#CC#CC#CC#CC#CC#CC#CC#CC#CC#CC#CC#CC#CC#CC#CC#CC#CC#CC#CC#CC#CC#CC#N.[C-]#[N+]c1ccc(N2C(=O)C(C)(C)N(c3ccc(NC(C)=O)cc3)C2=S)cc1C(F)(F)F. The molecule has 0 bridgehead atoms. The van der Waals surface area contributed by atoms with Gasteiger partial charge in [0.15, 0.2) is 16.9 Å². The van der Waals surface area contributed by atoms with Gasteiger partial charge in [-0.2, -0.15) is 18.4 Å². The molecule has 1 fully saturated rings. The highest BCUT2D eigenvalue weighted by molar-refractivity contribution is 7.81. The molecule has 7 nitrogen and oxygen atoms in total. The summed E-state index contributed by atoms with van der Waals surface area (Å²) in [5.41, 5.74) is -1.85. The number of carbonyl (C=O) groups is 2. The lowest BCUT2D eigenvalue weighted by Crippen LogP contribution is -2.44. The molecule has 1 aliphatic heterocycles. The molecule has 0 radical (unpaired) electrons. The lowest BCUT2D eigenvalue weighted by Gasteiger charge is -2.29. The number of alkyl halides is 3. The van der Waals surface area contributed by atoms with Gasteiger partial charge in [-0.05, 0) is 117 Å². The minimum atomic E-state index is -4.75. The molecule has 1 heterocycles. The predicted octanol–water partition coefficient (Wildman–Crippen LogP) is 5.83. The maximum Gasteiger partial charge on any atom is 0.407 e. The molecule has 0 unspecified atom stereocenters. The van der Waals surface area contributed by atoms with Gasteiger partial charge in [-0.25, -0.2) is 4.85 Å². The van der Waals surface area contributed by atoms with Crippen LogP contribution in [0.15, 0.2) is 42.5 Å². The van der Waals surface area contributed by atoms with Crippen LogP contribution in [0.4, 0.5) is 35.9 Å². The summed E-state index contributed by atoms with van der Waals surface area (Å²) < 4.78 is 40.2. The van der Waals surface area contributed by atoms with Crippen LogP contribution in [0.3, 0.4) is 0 Å². The first-order chi connectivity index (χ1) is 64.8. The van der Waals surface area contributed by atoms with Gasteiger partial charge >= 0.3 is 6.18 Å². The van der Waals surface area contributed by atoms with Gasteiger partial charge in [-0.3, -0.25) is 14.5 Å². The third kappa shape index (κ3) is 57.5. The van der Waals surface area contributed by atoms with E-state index in [0.29, 0.717) is 11.4 Å². The Morgan fingerprint density at radius 2 is 0.492 bits per heavy atom. The van der Waals surface area contributed by atoms with Gasteiger partial charge in [0.05, 0.1) is 12.1 Å². The van der Waals surface area contributed by atoms with E-state index in [4.69, 9.17) is 24.1 Å². The topological polar surface area (TPSA) is 80.8 Å². The summed E-state index contributed by atoms with van der Waals surface area (Å²) >= 11 is 5.47. The Kier molecular flexibility index (Phi) is 57.7. The molecule has 2 amide bonds. The first-order valence-corrected chi connectivity index (χ1v) is 34.7. The molecule has 1 N–H and O–H groups in total. The van der Waals surface area contributed by atoms with Crippen LogP contribution in [0.5, 0.6) is 0 Å². The molecule has 0 aromatic heterocycles. The van der Waals surface area contributed by atoms with E-state index in [2.05, 4.69) is 590 Å². The summed E-state index contributed by atoms with van der Waals surface area (Å²) in [5.74, 6) is 243. The highest BCUT2D eigenvalue weighted by Crippen LogP contribution is 2.42. The van der Waals surface area contributed by atoms with Crippen LogP contribution in [0.1, 0.15) is 33.3 Å². The molecule has 1 saturated heterocycles. The number of carbonyl (C=O) groups excluding carboxylic acids is 2. The van der Waals surface area contributed by atoms with E-state index in [1.165, 1.54) is 17.9 Å². The fourth-order valence-electron chi connectivity index (χ4n) is 6.40. The van der Waals surface area contributed by atoms with Crippen molar-refractivity contribution in [3.63, 3.8) is 0 Å². The Morgan fingerprint density at radius 3 is 0.652 bits per heavy atom. The first kappa shape index (κ1) is 103. The minimum Gasteiger partial charge on any atom is -0.326 e. The zero-order valence-corrected chi connectivity index (χ0v) is 68.5. The van der Waals surface area contributed by atoms with E-state index in [1.54, 1.807) is 51.1 Å². The molecular formula is C121H20F3N5O2S. The Hall–Kier alpha value is -25.5. The second-order valence-electron chi connectivity index (χ2n) is 19.8. The van der Waals surface area contributed by atoms with E-state index in [0.717, 1.165) is 17.0 Å². The summed E-state index contributed by atoms with van der Waals surface area (Å²) in [6.07, 6.45) is -4.75. The van der Waals surface area contributed by atoms with Crippen LogP contribution in [-0.2, 0) is 15.8 Å². The number of amides is 2. The van der Waals surface area contributed by atoms with Gasteiger partial charge in [-0.15, -0.1) is 0 Å². The number of hydrogen-bond donors (Lipinski definition) is 1.